The summed E-state index contributed by atoms with van der Waals surface area (Å²) in [5.41, 5.74) is 3.86. The Bertz CT molecular complexity index is 1030. The number of ether oxygens (including phenoxy) is 2. The van der Waals surface area contributed by atoms with Gasteiger partial charge in [0.15, 0.2) is 0 Å². The number of nitrogens with zero attached hydrogens (tertiary/aromatic N) is 2. The molecule has 4 rings (SSSR count). The van der Waals surface area contributed by atoms with Gasteiger partial charge in [-0.15, -0.1) is 0 Å². The molecule has 2 aromatic rings. The average molecular weight is 486 g/mol. The number of benzene rings is 2. The van der Waals surface area contributed by atoms with Crippen LogP contribution in [-0.4, -0.2) is 50.7 Å². The molecular weight excluding hydrogens is 458 g/mol. The molecular formula is C24H28BrN3O3. The lowest BCUT2D eigenvalue weighted by molar-refractivity contribution is 0.0694. The van der Waals surface area contributed by atoms with Gasteiger partial charge in [0.2, 0.25) is 0 Å². The molecule has 164 valence electrons. The van der Waals surface area contributed by atoms with Crippen LogP contribution in [0.25, 0.3) is 0 Å². The first-order chi connectivity index (χ1) is 14.9. The largest absolute Gasteiger partial charge is 0.497 e. The molecule has 0 aliphatic carbocycles. The lowest BCUT2D eigenvalue weighted by atomic mass is 9.81. The zero-order chi connectivity index (χ0) is 22.2. The summed E-state index contributed by atoms with van der Waals surface area (Å²) >= 11 is 3.45. The Balaban J connectivity index is 1.56. The van der Waals surface area contributed by atoms with Crippen molar-refractivity contribution in [2.45, 2.75) is 25.3 Å². The van der Waals surface area contributed by atoms with E-state index in [0.29, 0.717) is 24.4 Å². The van der Waals surface area contributed by atoms with Gasteiger partial charge in [0, 0.05) is 37.5 Å². The number of carbonyl (C=O) groups is 1. The van der Waals surface area contributed by atoms with E-state index in [-0.39, 0.29) is 11.4 Å². The first kappa shape index (κ1) is 21.6. The molecule has 2 heterocycles. The first-order valence-corrected chi connectivity index (χ1v) is 11.2. The van der Waals surface area contributed by atoms with E-state index < -0.39 is 0 Å². The van der Waals surface area contributed by atoms with E-state index in [0.717, 1.165) is 34.4 Å². The molecule has 1 amide bonds. The van der Waals surface area contributed by atoms with Crippen LogP contribution in [0.15, 0.2) is 52.6 Å². The van der Waals surface area contributed by atoms with Crippen LogP contribution in [-0.2, 0) is 0 Å². The number of likely N-dealkylation sites (tertiary alicyclic amines) is 1. The molecule has 0 atom stereocenters. The summed E-state index contributed by atoms with van der Waals surface area (Å²) in [6, 6.07) is 11.6. The van der Waals surface area contributed by atoms with Gasteiger partial charge in [0.1, 0.15) is 11.5 Å². The fraction of sp³-hybridized carbons (Fsp3) is 0.375. The van der Waals surface area contributed by atoms with Crippen LogP contribution >= 0.6 is 15.9 Å². The summed E-state index contributed by atoms with van der Waals surface area (Å²) in [4.78, 5) is 17.3. The van der Waals surface area contributed by atoms with Crippen molar-refractivity contribution >= 4 is 33.2 Å². The molecule has 0 bridgehead atoms. The third-order valence-electron chi connectivity index (χ3n) is 6.37. The Morgan fingerprint density at radius 2 is 1.87 bits per heavy atom. The molecule has 0 radical (unpaired) electrons. The highest BCUT2D eigenvalue weighted by Gasteiger charge is 2.44. The second kappa shape index (κ2) is 8.46. The summed E-state index contributed by atoms with van der Waals surface area (Å²) in [5.74, 6) is 1.53. The molecule has 6 nitrogen and oxygen atoms in total. The number of hydrogen-bond donors (Lipinski definition) is 1. The Morgan fingerprint density at radius 1 is 1.13 bits per heavy atom. The molecule has 0 unspecified atom stereocenters. The van der Waals surface area contributed by atoms with Crippen LogP contribution in [0.2, 0.25) is 0 Å². The third-order valence-corrected chi connectivity index (χ3v) is 7.02. The molecule has 1 spiro atoms. The molecule has 0 saturated carbocycles. The number of allylic oxidation sites excluding steroid dienone is 1. The SMILES string of the molecule is CC=C1N(C)c2ccc(OC)cc2NC12CCN(C(=O)c1ccc(Br)c(OC)c1)CC2. The predicted molar refractivity (Wildman–Crippen MR) is 127 cm³/mol. The van der Waals surface area contributed by atoms with Crippen LogP contribution < -0.4 is 19.7 Å². The molecule has 31 heavy (non-hydrogen) atoms. The number of carbonyl (C=O) groups excluding carboxylic acids is 1. The molecule has 1 fully saturated rings. The minimum Gasteiger partial charge on any atom is -0.497 e. The van der Waals surface area contributed by atoms with Crippen molar-refractivity contribution in [3.05, 3.63) is 58.2 Å². The van der Waals surface area contributed by atoms with Crippen LogP contribution in [0.3, 0.4) is 0 Å². The second-order valence-electron chi connectivity index (χ2n) is 7.96. The summed E-state index contributed by atoms with van der Waals surface area (Å²) in [5, 5.41) is 3.79. The number of piperidine rings is 1. The molecule has 1 saturated heterocycles. The molecule has 2 aliphatic heterocycles. The molecule has 1 N–H and O–H groups in total. The van der Waals surface area contributed by atoms with Crippen molar-refractivity contribution in [2.75, 3.05) is 44.6 Å². The minimum atomic E-state index is -0.211. The molecule has 7 heteroatoms. The quantitative estimate of drug-likeness (QED) is 0.669. The number of halogens is 1. The maximum absolute atomic E-state index is 13.1. The van der Waals surface area contributed by atoms with E-state index in [4.69, 9.17) is 9.47 Å². The third kappa shape index (κ3) is 3.76. The molecule has 0 aromatic heterocycles. The number of amides is 1. The number of hydrogen-bond acceptors (Lipinski definition) is 5. The van der Waals surface area contributed by atoms with Crippen LogP contribution in [0.5, 0.6) is 11.5 Å². The van der Waals surface area contributed by atoms with Gasteiger partial charge < -0.3 is 24.6 Å². The number of methoxy groups -OCH3 is 2. The smallest absolute Gasteiger partial charge is 0.253 e. The average Bonchev–Trinajstić information content (AvgIpc) is 2.79. The van der Waals surface area contributed by atoms with Crippen molar-refractivity contribution < 1.29 is 14.3 Å². The highest BCUT2D eigenvalue weighted by Crippen LogP contribution is 2.45. The van der Waals surface area contributed by atoms with Crippen molar-refractivity contribution in [1.29, 1.82) is 0 Å². The zero-order valence-electron chi connectivity index (χ0n) is 18.4. The summed E-state index contributed by atoms with van der Waals surface area (Å²) in [6.07, 6.45) is 3.83. The van der Waals surface area contributed by atoms with Gasteiger partial charge in [0.05, 0.1) is 35.6 Å². The van der Waals surface area contributed by atoms with Crippen molar-refractivity contribution in [2.24, 2.45) is 0 Å². The topological polar surface area (TPSA) is 54.0 Å². The number of anilines is 2. The first-order valence-electron chi connectivity index (χ1n) is 10.4. The van der Waals surface area contributed by atoms with E-state index in [9.17, 15) is 4.79 Å². The minimum absolute atomic E-state index is 0.0360. The Morgan fingerprint density at radius 3 is 2.52 bits per heavy atom. The normalized spacial score (nSPS) is 18.5. The predicted octanol–water partition coefficient (Wildman–Crippen LogP) is 4.91. The zero-order valence-corrected chi connectivity index (χ0v) is 20.0. The number of likely N-dealkylation sites (N-methyl/N-ethyl adjacent to an activating group) is 1. The van der Waals surface area contributed by atoms with Gasteiger partial charge in [-0.2, -0.15) is 0 Å². The van der Waals surface area contributed by atoms with E-state index >= 15 is 0 Å². The monoisotopic (exact) mass is 485 g/mol. The van der Waals surface area contributed by atoms with E-state index in [1.807, 2.05) is 29.2 Å². The Labute approximate surface area is 191 Å². The standard InChI is InChI=1S/C24H28BrN3O3/c1-5-22-24(26-19-15-17(30-3)7-9-20(19)27(22)2)10-12-28(13-11-24)23(29)16-6-8-18(25)21(14-16)31-4/h5-9,14-15,26H,10-13H2,1-4H3. The van der Waals surface area contributed by atoms with Gasteiger partial charge in [-0.3, -0.25) is 4.79 Å². The highest BCUT2D eigenvalue weighted by atomic mass is 79.9. The van der Waals surface area contributed by atoms with Gasteiger partial charge in [0.25, 0.3) is 5.91 Å². The summed E-state index contributed by atoms with van der Waals surface area (Å²) in [7, 11) is 5.40. The van der Waals surface area contributed by atoms with Crippen LogP contribution in [0.4, 0.5) is 11.4 Å². The fourth-order valence-corrected chi connectivity index (χ4v) is 5.13. The van der Waals surface area contributed by atoms with E-state index in [1.165, 1.54) is 5.70 Å². The van der Waals surface area contributed by atoms with Gasteiger partial charge in [-0.25, -0.2) is 0 Å². The van der Waals surface area contributed by atoms with Crippen molar-refractivity contribution in [3.63, 3.8) is 0 Å². The van der Waals surface area contributed by atoms with E-state index in [2.05, 4.69) is 52.3 Å². The van der Waals surface area contributed by atoms with Gasteiger partial charge >= 0.3 is 0 Å². The second-order valence-corrected chi connectivity index (χ2v) is 8.82. The summed E-state index contributed by atoms with van der Waals surface area (Å²) in [6.45, 7) is 3.43. The Kier molecular flexibility index (Phi) is 5.88. The van der Waals surface area contributed by atoms with Crippen LogP contribution in [0.1, 0.15) is 30.1 Å². The highest BCUT2D eigenvalue weighted by molar-refractivity contribution is 9.10. The van der Waals surface area contributed by atoms with E-state index in [1.54, 1.807) is 20.3 Å². The van der Waals surface area contributed by atoms with Crippen molar-refractivity contribution in [1.82, 2.24) is 4.90 Å². The molecule has 2 aliphatic rings. The van der Waals surface area contributed by atoms with Crippen molar-refractivity contribution in [3.8, 4) is 11.5 Å². The lowest BCUT2D eigenvalue weighted by Crippen LogP contribution is -2.56. The molecule has 2 aromatic carbocycles. The van der Waals surface area contributed by atoms with Gasteiger partial charge in [-0.05, 0) is 66.0 Å². The number of fused-ring (bicyclic) bond motifs is 1. The number of rotatable bonds is 3. The lowest BCUT2D eigenvalue weighted by Gasteiger charge is -2.50. The fourth-order valence-electron chi connectivity index (χ4n) is 4.73. The Hall–Kier alpha value is -2.67. The van der Waals surface area contributed by atoms with Crippen LogP contribution in [0, 0.1) is 0 Å². The van der Waals surface area contributed by atoms with Gasteiger partial charge in [-0.1, -0.05) is 6.08 Å². The summed E-state index contributed by atoms with van der Waals surface area (Å²) < 4.78 is 11.6. The maximum Gasteiger partial charge on any atom is 0.253 e. The number of nitrogens with one attached hydrogen (secondary N) is 1. The maximum atomic E-state index is 13.1.